The summed E-state index contributed by atoms with van der Waals surface area (Å²) < 4.78 is 12.8. The maximum absolute atomic E-state index is 6.05. The molecule has 1 N–H and O–H groups in total. The lowest BCUT2D eigenvalue weighted by molar-refractivity contribution is 0.267. The first kappa shape index (κ1) is 29.3. The Hall–Kier alpha value is -0.690. The van der Waals surface area contributed by atoms with Crippen molar-refractivity contribution in [2.24, 2.45) is 0 Å². The molecule has 170 valence electrons. The van der Waals surface area contributed by atoms with Crippen LogP contribution in [0.1, 0.15) is 31.9 Å². The molecule has 0 aliphatic rings. The predicted molar refractivity (Wildman–Crippen MR) is 135 cm³/mol. The van der Waals surface area contributed by atoms with Crippen LogP contribution in [0.4, 0.5) is 0 Å². The molecule has 0 aliphatic heterocycles. The average molecular weight is 543 g/mol. The standard InChI is InChI=1S/C22H30BrClN2O2.2ClH/c1-4-26(5-2)12-11-25-15-18-13-20(23)22(21(14-18)27-6-3)28-16-17-7-9-19(24)10-8-17;;/h7-10,13-14,25H,4-6,11-12,15-16H2,1-3H3;2*1H. The first-order valence-electron chi connectivity index (χ1n) is 9.82. The predicted octanol–water partition coefficient (Wildman–Crippen LogP) is 6.36. The van der Waals surface area contributed by atoms with E-state index in [9.17, 15) is 0 Å². The fourth-order valence-electron chi connectivity index (χ4n) is 2.87. The lowest BCUT2D eigenvalue weighted by Crippen LogP contribution is -2.31. The van der Waals surface area contributed by atoms with Crippen LogP contribution in [0.15, 0.2) is 40.9 Å². The molecule has 0 radical (unpaired) electrons. The number of ether oxygens (including phenoxy) is 2. The molecule has 8 heteroatoms. The van der Waals surface area contributed by atoms with Crippen LogP contribution in [0.2, 0.25) is 5.02 Å². The smallest absolute Gasteiger partial charge is 0.175 e. The van der Waals surface area contributed by atoms with Crippen LogP contribution >= 0.6 is 52.3 Å². The molecule has 0 saturated carbocycles. The van der Waals surface area contributed by atoms with Gasteiger partial charge in [-0.25, -0.2) is 0 Å². The zero-order chi connectivity index (χ0) is 20.4. The highest BCUT2D eigenvalue weighted by Crippen LogP contribution is 2.37. The molecule has 0 saturated heterocycles. The number of hydrogen-bond donors (Lipinski definition) is 1. The molecule has 2 aromatic carbocycles. The van der Waals surface area contributed by atoms with Crippen molar-refractivity contribution in [1.29, 1.82) is 0 Å². The average Bonchev–Trinajstić information content (AvgIpc) is 2.69. The van der Waals surface area contributed by atoms with Crippen LogP contribution in [0.25, 0.3) is 0 Å². The van der Waals surface area contributed by atoms with Gasteiger partial charge in [-0.1, -0.05) is 37.6 Å². The first-order valence-corrected chi connectivity index (χ1v) is 11.0. The van der Waals surface area contributed by atoms with Gasteiger partial charge in [-0.05, 0) is 71.3 Å². The van der Waals surface area contributed by atoms with Gasteiger partial charge in [-0.2, -0.15) is 0 Å². The van der Waals surface area contributed by atoms with Crippen LogP contribution in [-0.4, -0.2) is 37.7 Å². The van der Waals surface area contributed by atoms with Crippen molar-refractivity contribution in [1.82, 2.24) is 10.2 Å². The summed E-state index contributed by atoms with van der Waals surface area (Å²) in [6.07, 6.45) is 0. The summed E-state index contributed by atoms with van der Waals surface area (Å²) in [5.74, 6) is 1.48. The van der Waals surface area contributed by atoms with Gasteiger partial charge in [0, 0.05) is 24.7 Å². The molecular weight excluding hydrogens is 511 g/mol. The normalized spacial score (nSPS) is 10.3. The molecular formula is C22H32BrCl3N2O2. The van der Waals surface area contributed by atoms with Gasteiger partial charge >= 0.3 is 0 Å². The molecule has 0 bridgehead atoms. The van der Waals surface area contributed by atoms with Gasteiger partial charge in [0.25, 0.3) is 0 Å². The monoisotopic (exact) mass is 540 g/mol. The van der Waals surface area contributed by atoms with Crippen molar-refractivity contribution in [2.75, 3.05) is 32.8 Å². The Balaban J connectivity index is 0.00000420. The van der Waals surface area contributed by atoms with Gasteiger partial charge < -0.3 is 19.7 Å². The summed E-state index contributed by atoms with van der Waals surface area (Å²) in [7, 11) is 0. The number of benzene rings is 2. The third kappa shape index (κ3) is 9.63. The molecule has 0 aromatic heterocycles. The van der Waals surface area contributed by atoms with Crippen molar-refractivity contribution in [3.8, 4) is 11.5 Å². The van der Waals surface area contributed by atoms with Crippen LogP contribution in [-0.2, 0) is 13.2 Å². The summed E-state index contributed by atoms with van der Waals surface area (Å²) in [5, 5.41) is 4.23. The number of halogens is 4. The minimum absolute atomic E-state index is 0. The van der Waals surface area contributed by atoms with E-state index in [1.54, 1.807) is 0 Å². The van der Waals surface area contributed by atoms with E-state index in [0.717, 1.165) is 64.8 Å². The van der Waals surface area contributed by atoms with E-state index in [-0.39, 0.29) is 24.8 Å². The number of hydrogen-bond acceptors (Lipinski definition) is 4. The van der Waals surface area contributed by atoms with Crippen molar-refractivity contribution in [3.05, 3.63) is 57.0 Å². The summed E-state index contributed by atoms with van der Waals surface area (Å²) in [5.41, 5.74) is 2.22. The summed E-state index contributed by atoms with van der Waals surface area (Å²) in [4.78, 5) is 2.41. The lowest BCUT2D eigenvalue weighted by atomic mass is 10.2. The zero-order valence-corrected chi connectivity index (χ0v) is 21.7. The minimum atomic E-state index is 0. The molecule has 0 unspecified atom stereocenters. The van der Waals surface area contributed by atoms with E-state index in [4.69, 9.17) is 21.1 Å². The molecule has 0 heterocycles. The topological polar surface area (TPSA) is 33.7 Å². The van der Waals surface area contributed by atoms with E-state index in [1.165, 1.54) is 0 Å². The van der Waals surface area contributed by atoms with E-state index >= 15 is 0 Å². The summed E-state index contributed by atoms with van der Waals surface area (Å²) in [6, 6.07) is 11.8. The fourth-order valence-corrected chi connectivity index (χ4v) is 3.60. The molecule has 0 aliphatic carbocycles. The summed E-state index contributed by atoms with van der Waals surface area (Å²) >= 11 is 9.59. The highest BCUT2D eigenvalue weighted by molar-refractivity contribution is 9.10. The van der Waals surface area contributed by atoms with Crippen LogP contribution < -0.4 is 14.8 Å². The molecule has 0 spiro atoms. The Morgan fingerprint density at radius 3 is 2.23 bits per heavy atom. The van der Waals surface area contributed by atoms with E-state index in [2.05, 4.69) is 52.1 Å². The highest BCUT2D eigenvalue weighted by atomic mass is 79.9. The maximum Gasteiger partial charge on any atom is 0.175 e. The number of rotatable bonds is 12. The minimum Gasteiger partial charge on any atom is -0.490 e. The van der Waals surface area contributed by atoms with Crippen LogP contribution in [0.5, 0.6) is 11.5 Å². The fraction of sp³-hybridized carbons (Fsp3) is 0.455. The third-order valence-electron chi connectivity index (χ3n) is 4.49. The van der Waals surface area contributed by atoms with Gasteiger partial charge in [0.05, 0.1) is 11.1 Å². The van der Waals surface area contributed by atoms with Gasteiger partial charge in [-0.15, -0.1) is 24.8 Å². The van der Waals surface area contributed by atoms with Gasteiger partial charge in [0.2, 0.25) is 0 Å². The SMILES string of the molecule is CCOc1cc(CNCCN(CC)CC)cc(Br)c1OCc1ccc(Cl)cc1.Cl.Cl. The van der Waals surface area contributed by atoms with Gasteiger partial charge in [0.15, 0.2) is 11.5 Å². The molecule has 2 rings (SSSR count). The number of likely N-dealkylation sites (N-methyl/N-ethyl adjacent to an activating group) is 1. The van der Waals surface area contributed by atoms with Crippen molar-refractivity contribution in [2.45, 2.75) is 33.9 Å². The Bertz CT molecular complexity index is 729. The van der Waals surface area contributed by atoms with Crippen LogP contribution in [0.3, 0.4) is 0 Å². The van der Waals surface area contributed by atoms with Crippen molar-refractivity contribution >= 4 is 52.3 Å². The van der Waals surface area contributed by atoms with Crippen molar-refractivity contribution in [3.63, 3.8) is 0 Å². The second kappa shape index (κ2) is 16.0. The van der Waals surface area contributed by atoms with Crippen LogP contribution in [0, 0.1) is 0 Å². The Morgan fingerprint density at radius 2 is 1.63 bits per heavy atom. The number of nitrogens with one attached hydrogen (secondary N) is 1. The quantitative estimate of drug-likeness (QED) is 0.317. The molecule has 0 fully saturated rings. The maximum atomic E-state index is 6.05. The molecule has 0 atom stereocenters. The van der Waals surface area contributed by atoms with E-state index in [0.29, 0.717) is 13.2 Å². The molecule has 4 nitrogen and oxygen atoms in total. The number of nitrogens with zero attached hydrogens (tertiary/aromatic N) is 1. The largest absolute Gasteiger partial charge is 0.490 e. The lowest BCUT2D eigenvalue weighted by Gasteiger charge is -2.19. The zero-order valence-electron chi connectivity index (χ0n) is 17.7. The van der Waals surface area contributed by atoms with E-state index < -0.39 is 0 Å². The second-order valence-electron chi connectivity index (χ2n) is 6.46. The molecule has 30 heavy (non-hydrogen) atoms. The Morgan fingerprint density at radius 1 is 0.967 bits per heavy atom. The first-order chi connectivity index (χ1) is 13.6. The highest BCUT2D eigenvalue weighted by Gasteiger charge is 2.13. The van der Waals surface area contributed by atoms with Crippen molar-refractivity contribution < 1.29 is 9.47 Å². The van der Waals surface area contributed by atoms with Gasteiger partial charge in [0.1, 0.15) is 6.61 Å². The Kier molecular flexibility index (Phi) is 15.6. The molecule has 2 aromatic rings. The Labute approximate surface area is 206 Å². The second-order valence-corrected chi connectivity index (χ2v) is 7.75. The molecule has 0 amide bonds. The third-order valence-corrected chi connectivity index (χ3v) is 5.33. The van der Waals surface area contributed by atoms with Gasteiger partial charge in [-0.3, -0.25) is 0 Å². The summed E-state index contributed by atoms with van der Waals surface area (Å²) in [6.45, 7) is 12.4. The van der Waals surface area contributed by atoms with E-state index in [1.807, 2.05) is 31.2 Å².